The number of morpholine rings is 1. The number of carbonyl (C=O) groups is 1. The van der Waals surface area contributed by atoms with E-state index in [9.17, 15) is 15.0 Å². The first-order valence-corrected chi connectivity index (χ1v) is 6.13. The Morgan fingerprint density at radius 1 is 1.50 bits per heavy atom. The van der Waals surface area contributed by atoms with Crippen LogP contribution in [0.1, 0.15) is 10.4 Å². The number of rotatable bonds is 2. The van der Waals surface area contributed by atoms with Crippen molar-refractivity contribution in [3.63, 3.8) is 0 Å². The smallest absolute Gasteiger partial charge is 0.258 e. The van der Waals surface area contributed by atoms with E-state index < -0.39 is 0 Å². The number of alkyl halides is 1. The minimum atomic E-state index is -0.350. The molecule has 0 aromatic heterocycles. The Morgan fingerprint density at radius 2 is 2.28 bits per heavy atom. The lowest BCUT2D eigenvalue weighted by atomic mass is 10.1. The monoisotopic (exact) mass is 271 g/mol. The number of phenolic OH excluding ortho intramolecular Hbond substituents is 2. The summed E-state index contributed by atoms with van der Waals surface area (Å²) in [6.07, 6.45) is 0. The lowest BCUT2D eigenvalue weighted by Gasteiger charge is -2.34. The summed E-state index contributed by atoms with van der Waals surface area (Å²) < 4.78 is 5.25. The van der Waals surface area contributed by atoms with Crippen LogP contribution in [0.3, 0.4) is 0 Å². The van der Waals surface area contributed by atoms with Crippen LogP contribution < -0.4 is 0 Å². The van der Waals surface area contributed by atoms with Crippen molar-refractivity contribution in [3.8, 4) is 11.5 Å². The highest BCUT2D eigenvalue weighted by Gasteiger charge is 2.28. The highest BCUT2D eigenvalue weighted by atomic mass is 35.5. The van der Waals surface area contributed by atoms with E-state index in [4.69, 9.17) is 16.3 Å². The van der Waals surface area contributed by atoms with Crippen molar-refractivity contribution < 1.29 is 19.7 Å². The standard InChI is InChI=1S/C12H14ClNO4/c13-6-8-7-18-4-3-14(8)12(17)10-5-9(15)1-2-11(10)16/h1-2,5,8,15-16H,3-4,6-7H2. The summed E-state index contributed by atoms with van der Waals surface area (Å²) in [5, 5.41) is 19.0. The molecule has 1 fully saturated rings. The number of amides is 1. The Kier molecular flexibility index (Phi) is 3.93. The lowest BCUT2D eigenvalue weighted by Crippen LogP contribution is -2.49. The molecule has 0 bridgehead atoms. The number of hydrogen-bond acceptors (Lipinski definition) is 4. The van der Waals surface area contributed by atoms with Crippen molar-refractivity contribution in [2.45, 2.75) is 6.04 Å². The first kappa shape index (κ1) is 13.0. The molecular weight excluding hydrogens is 258 g/mol. The molecule has 1 aliphatic heterocycles. The summed E-state index contributed by atoms with van der Waals surface area (Å²) >= 11 is 5.79. The van der Waals surface area contributed by atoms with E-state index in [2.05, 4.69) is 0 Å². The molecule has 1 saturated heterocycles. The van der Waals surface area contributed by atoms with E-state index in [1.165, 1.54) is 18.2 Å². The quantitative estimate of drug-likeness (QED) is 0.626. The summed E-state index contributed by atoms with van der Waals surface area (Å²) in [6, 6.07) is 3.65. The predicted octanol–water partition coefficient (Wildman–Crippen LogP) is 1.18. The Morgan fingerprint density at radius 3 is 3.00 bits per heavy atom. The second-order valence-electron chi connectivity index (χ2n) is 4.08. The van der Waals surface area contributed by atoms with Crippen LogP contribution in [0.2, 0.25) is 0 Å². The zero-order chi connectivity index (χ0) is 13.1. The normalized spacial score (nSPS) is 19.8. The molecule has 1 heterocycles. The second kappa shape index (κ2) is 5.46. The molecule has 0 aliphatic carbocycles. The first-order chi connectivity index (χ1) is 8.63. The predicted molar refractivity (Wildman–Crippen MR) is 66.1 cm³/mol. The summed E-state index contributed by atoms with van der Waals surface area (Å²) in [7, 11) is 0. The highest BCUT2D eigenvalue weighted by molar-refractivity contribution is 6.18. The molecule has 5 nitrogen and oxygen atoms in total. The third-order valence-corrected chi connectivity index (χ3v) is 3.23. The topological polar surface area (TPSA) is 70.0 Å². The molecular formula is C12H14ClNO4. The molecule has 1 aliphatic rings. The average molecular weight is 272 g/mol. The second-order valence-corrected chi connectivity index (χ2v) is 4.39. The van der Waals surface area contributed by atoms with Gasteiger partial charge in [0.2, 0.25) is 0 Å². The SMILES string of the molecule is O=C(c1cc(O)ccc1O)N1CCOCC1CCl. The number of nitrogens with zero attached hydrogens (tertiary/aromatic N) is 1. The van der Waals surface area contributed by atoms with E-state index in [0.717, 1.165) is 0 Å². The summed E-state index contributed by atoms with van der Waals surface area (Å²) in [5.74, 6) is -0.299. The third-order valence-electron chi connectivity index (χ3n) is 2.88. The number of benzene rings is 1. The van der Waals surface area contributed by atoms with Gasteiger partial charge in [-0.25, -0.2) is 0 Å². The van der Waals surface area contributed by atoms with Gasteiger partial charge in [0.25, 0.3) is 5.91 Å². The zero-order valence-corrected chi connectivity index (χ0v) is 10.4. The first-order valence-electron chi connectivity index (χ1n) is 5.60. The molecule has 18 heavy (non-hydrogen) atoms. The number of phenols is 2. The highest BCUT2D eigenvalue weighted by Crippen LogP contribution is 2.25. The van der Waals surface area contributed by atoms with Gasteiger partial charge in [-0.3, -0.25) is 4.79 Å². The Bertz CT molecular complexity index is 452. The Hall–Kier alpha value is -1.46. The van der Waals surface area contributed by atoms with E-state index in [1.54, 1.807) is 4.90 Å². The molecule has 0 saturated carbocycles. The van der Waals surface area contributed by atoms with Gasteiger partial charge in [0.1, 0.15) is 11.5 Å². The van der Waals surface area contributed by atoms with Gasteiger partial charge in [-0.1, -0.05) is 0 Å². The van der Waals surface area contributed by atoms with Crippen molar-refractivity contribution in [2.75, 3.05) is 25.6 Å². The molecule has 98 valence electrons. The van der Waals surface area contributed by atoms with Crippen LogP contribution in [0.25, 0.3) is 0 Å². The zero-order valence-electron chi connectivity index (χ0n) is 9.67. The number of aromatic hydroxyl groups is 2. The van der Waals surface area contributed by atoms with E-state index in [1.807, 2.05) is 0 Å². The van der Waals surface area contributed by atoms with Crippen molar-refractivity contribution in [2.24, 2.45) is 0 Å². The fraction of sp³-hybridized carbons (Fsp3) is 0.417. The largest absolute Gasteiger partial charge is 0.508 e. The molecule has 1 aromatic rings. The van der Waals surface area contributed by atoms with Crippen LogP contribution >= 0.6 is 11.6 Å². The molecule has 1 unspecified atom stereocenters. The van der Waals surface area contributed by atoms with Gasteiger partial charge in [0.15, 0.2) is 0 Å². The maximum Gasteiger partial charge on any atom is 0.258 e. The number of carbonyl (C=O) groups excluding carboxylic acids is 1. The summed E-state index contributed by atoms with van der Waals surface area (Å²) in [4.78, 5) is 13.8. The number of hydrogen-bond donors (Lipinski definition) is 2. The van der Waals surface area contributed by atoms with Gasteiger partial charge in [0.05, 0.1) is 24.8 Å². The molecule has 2 rings (SSSR count). The van der Waals surface area contributed by atoms with E-state index in [-0.39, 0.29) is 34.9 Å². The third kappa shape index (κ3) is 2.52. The molecule has 1 atom stereocenters. The fourth-order valence-corrected chi connectivity index (χ4v) is 2.16. The van der Waals surface area contributed by atoms with Gasteiger partial charge in [-0.2, -0.15) is 0 Å². The van der Waals surface area contributed by atoms with Crippen molar-refractivity contribution in [1.29, 1.82) is 0 Å². The van der Waals surface area contributed by atoms with Crippen LogP contribution in [0.4, 0.5) is 0 Å². The van der Waals surface area contributed by atoms with E-state index in [0.29, 0.717) is 19.8 Å². The minimum absolute atomic E-state index is 0.0631. The van der Waals surface area contributed by atoms with Gasteiger partial charge >= 0.3 is 0 Å². The van der Waals surface area contributed by atoms with Gasteiger partial charge in [0, 0.05) is 12.4 Å². The van der Waals surface area contributed by atoms with Crippen LogP contribution in [-0.2, 0) is 4.74 Å². The van der Waals surface area contributed by atoms with Crippen LogP contribution in [0.15, 0.2) is 18.2 Å². The maximum absolute atomic E-state index is 12.3. The molecule has 0 spiro atoms. The van der Waals surface area contributed by atoms with Crippen molar-refractivity contribution >= 4 is 17.5 Å². The lowest BCUT2D eigenvalue weighted by molar-refractivity contribution is 0.00440. The average Bonchev–Trinajstić information content (AvgIpc) is 2.40. The summed E-state index contributed by atoms with van der Waals surface area (Å²) in [6.45, 7) is 1.25. The molecule has 6 heteroatoms. The molecule has 0 radical (unpaired) electrons. The van der Waals surface area contributed by atoms with Crippen molar-refractivity contribution in [3.05, 3.63) is 23.8 Å². The molecule has 1 amide bonds. The van der Waals surface area contributed by atoms with E-state index >= 15 is 0 Å². The van der Waals surface area contributed by atoms with Gasteiger partial charge in [-0.15, -0.1) is 11.6 Å². The van der Waals surface area contributed by atoms with Crippen molar-refractivity contribution in [1.82, 2.24) is 4.90 Å². The Balaban J connectivity index is 2.26. The van der Waals surface area contributed by atoms with Crippen LogP contribution in [-0.4, -0.2) is 52.7 Å². The number of halogens is 1. The van der Waals surface area contributed by atoms with Crippen LogP contribution in [0.5, 0.6) is 11.5 Å². The van der Waals surface area contributed by atoms with Gasteiger partial charge < -0.3 is 19.8 Å². The Labute approximate surface area is 110 Å². The molecule has 1 aromatic carbocycles. The minimum Gasteiger partial charge on any atom is -0.508 e. The molecule has 2 N–H and O–H groups in total. The number of ether oxygens (including phenoxy) is 1. The summed E-state index contributed by atoms with van der Waals surface area (Å²) in [5.41, 5.74) is 0.0759. The van der Waals surface area contributed by atoms with Gasteiger partial charge in [-0.05, 0) is 18.2 Å². The van der Waals surface area contributed by atoms with Crippen LogP contribution in [0, 0.1) is 0 Å². The fourth-order valence-electron chi connectivity index (χ4n) is 1.90. The maximum atomic E-state index is 12.3.